The molecular weight excluding hydrogens is 303 g/mol. The number of rotatable bonds is 6. The van der Waals surface area contributed by atoms with E-state index in [9.17, 15) is 15.0 Å². The van der Waals surface area contributed by atoms with Crippen LogP contribution in [0.1, 0.15) is 0 Å². The summed E-state index contributed by atoms with van der Waals surface area (Å²) in [5.74, 6) is -1.00. The summed E-state index contributed by atoms with van der Waals surface area (Å²) in [4.78, 5) is 10.7. The van der Waals surface area contributed by atoms with Crippen molar-refractivity contribution < 1.29 is 30.3 Å². The highest BCUT2D eigenvalue weighted by molar-refractivity contribution is 14.1. The van der Waals surface area contributed by atoms with Gasteiger partial charge >= 0.3 is 0 Å². The number of carbonyl (C=O) groups is 1. The van der Waals surface area contributed by atoms with E-state index in [1.54, 1.807) is 22.6 Å². The Kier molecular flexibility index (Phi) is 6.74. The van der Waals surface area contributed by atoms with Gasteiger partial charge in [-0.25, -0.2) is 0 Å². The minimum Gasteiger partial charge on any atom is -0.390 e. The van der Waals surface area contributed by atoms with Gasteiger partial charge in [-0.05, 0) is 0 Å². The maximum Gasteiger partial charge on any atom is 0.189 e. The van der Waals surface area contributed by atoms with Crippen LogP contribution in [0.4, 0.5) is 0 Å². The van der Waals surface area contributed by atoms with E-state index >= 15 is 0 Å². The van der Waals surface area contributed by atoms with Crippen molar-refractivity contribution in [2.45, 2.75) is 24.4 Å². The number of halogens is 1. The number of aliphatic hydroxyl groups is 5. The number of hydrogen-bond donors (Lipinski definition) is 5. The fourth-order valence-electron chi connectivity index (χ4n) is 0.790. The third-order valence-electron chi connectivity index (χ3n) is 1.71. The van der Waals surface area contributed by atoms with Crippen molar-refractivity contribution >= 4 is 28.4 Å². The molecule has 0 rings (SSSR count). The average molecular weight is 316 g/mol. The Labute approximate surface area is 94.3 Å². The maximum atomic E-state index is 10.7. The first-order chi connectivity index (χ1) is 6.45. The van der Waals surface area contributed by atoms with Crippen LogP contribution >= 0.6 is 22.6 Å². The lowest BCUT2D eigenvalue weighted by Gasteiger charge is -2.24. The monoisotopic (exact) mass is 316 g/mol. The molecule has 0 aliphatic heterocycles. The number of carbonyl (C=O) groups excluding carboxylic acids is 1. The largest absolute Gasteiger partial charge is 0.390 e. The minimum atomic E-state index is -1.88. The zero-order valence-electron chi connectivity index (χ0n) is 7.25. The second kappa shape index (κ2) is 6.64. The molecule has 7 heteroatoms. The van der Waals surface area contributed by atoms with Crippen molar-refractivity contribution in [3.8, 4) is 0 Å². The van der Waals surface area contributed by atoms with Gasteiger partial charge in [0.2, 0.25) is 0 Å². The summed E-state index contributed by atoms with van der Waals surface area (Å²) in [6.07, 6.45) is -6.52. The van der Waals surface area contributed by atoms with Crippen molar-refractivity contribution in [3.63, 3.8) is 0 Å². The molecule has 6 nitrogen and oxygen atoms in total. The second-order valence-corrected chi connectivity index (χ2v) is 3.65. The Morgan fingerprint density at radius 2 is 1.64 bits per heavy atom. The molecule has 0 unspecified atom stereocenters. The van der Waals surface area contributed by atoms with Crippen molar-refractivity contribution in [2.75, 3.05) is 11.0 Å². The predicted octanol–water partition coefficient (Wildman–Crippen LogP) is -2.57. The highest BCUT2D eigenvalue weighted by atomic mass is 123. The molecule has 0 radical (unpaired) electrons. The number of alkyl halides is 1. The van der Waals surface area contributed by atoms with Crippen LogP contribution < -0.4 is 0 Å². The van der Waals surface area contributed by atoms with E-state index in [2.05, 4.69) is 0 Å². The SMILES string of the molecule is O=C(CO)[C@@H](O)[C@@H](O)[C@H](O)[C@H](O)C[123I]. The minimum absolute atomic E-state index is 0.149. The van der Waals surface area contributed by atoms with Gasteiger partial charge in [-0.2, -0.15) is 0 Å². The standard InChI is InChI=1S/C7H13IO6/c8-1-3(10)5(12)7(14)6(13)4(11)2-9/h3,5-7,9-10,12-14H,1-2H2/t3-,5-,6-,7+/m1/s1/i8-4. The molecule has 0 bridgehead atoms. The van der Waals surface area contributed by atoms with E-state index in [0.29, 0.717) is 0 Å². The molecule has 14 heavy (non-hydrogen) atoms. The van der Waals surface area contributed by atoms with Crippen LogP contribution in [0.25, 0.3) is 0 Å². The maximum absolute atomic E-state index is 10.7. The van der Waals surface area contributed by atoms with Gasteiger partial charge in [-0.1, -0.05) is 22.6 Å². The Morgan fingerprint density at radius 1 is 1.14 bits per heavy atom. The molecule has 0 aromatic heterocycles. The van der Waals surface area contributed by atoms with E-state index in [-0.39, 0.29) is 4.43 Å². The Balaban J connectivity index is 4.30. The zero-order valence-corrected chi connectivity index (χ0v) is 9.40. The lowest BCUT2D eigenvalue weighted by molar-refractivity contribution is -0.146. The predicted molar refractivity (Wildman–Crippen MR) is 55.0 cm³/mol. The van der Waals surface area contributed by atoms with Gasteiger partial charge in [0.1, 0.15) is 24.9 Å². The molecule has 0 spiro atoms. The molecule has 0 heterocycles. The van der Waals surface area contributed by atoms with E-state index in [4.69, 9.17) is 15.3 Å². The van der Waals surface area contributed by atoms with Crippen LogP contribution in [0.5, 0.6) is 0 Å². The third-order valence-corrected chi connectivity index (χ3v) is 2.61. The van der Waals surface area contributed by atoms with Crippen LogP contribution in [0, 0.1) is 0 Å². The van der Waals surface area contributed by atoms with Gasteiger partial charge in [0.25, 0.3) is 0 Å². The molecule has 0 aromatic carbocycles. The van der Waals surface area contributed by atoms with Gasteiger partial charge in [-0.15, -0.1) is 0 Å². The number of aliphatic hydroxyl groups excluding tert-OH is 5. The summed E-state index contributed by atoms with van der Waals surface area (Å²) in [6, 6.07) is 0. The highest BCUT2D eigenvalue weighted by Crippen LogP contribution is 2.08. The number of ketones is 1. The molecule has 84 valence electrons. The van der Waals surface area contributed by atoms with Crippen LogP contribution in [0.15, 0.2) is 0 Å². The average Bonchev–Trinajstić information content (AvgIpc) is 2.23. The molecule has 4 atom stereocenters. The van der Waals surface area contributed by atoms with Gasteiger partial charge in [-0.3, -0.25) is 4.79 Å². The summed E-state index contributed by atoms with van der Waals surface area (Å²) < 4.78 is 0.149. The van der Waals surface area contributed by atoms with E-state index in [1.807, 2.05) is 0 Å². The second-order valence-electron chi connectivity index (χ2n) is 2.77. The molecule has 0 saturated heterocycles. The van der Waals surface area contributed by atoms with Crippen molar-refractivity contribution in [3.05, 3.63) is 0 Å². The molecule has 5 N–H and O–H groups in total. The van der Waals surface area contributed by atoms with Gasteiger partial charge in [0.15, 0.2) is 5.78 Å². The Hall–Kier alpha value is 0.200. The van der Waals surface area contributed by atoms with Crippen LogP contribution in [0.2, 0.25) is 0 Å². The fraction of sp³-hybridized carbons (Fsp3) is 0.857. The van der Waals surface area contributed by atoms with E-state index in [1.165, 1.54) is 0 Å². The zero-order chi connectivity index (χ0) is 11.3. The van der Waals surface area contributed by atoms with Crippen LogP contribution in [-0.4, -0.2) is 66.8 Å². The van der Waals surface area contributed by atoms with E-state index in [0.717, 1.165) is 0 Å². The lowest BCUT2D eigenvalue weighted by atomic mass is 10.0. The summed E-state index contributed by atoms with van der Waals surface area (Å²) >= 11 is 1.78. The Morgan fingerprint density at radius 3 is 2.00 bits per heavy atom. The molecular formula is C7H13IO6. The first kappa shape index (κ1) is 14.2. The highest BCUT2D eigenvalue weighted by Gasteiger charge is 2.33. The number of Topliss-reactive ketones (excluding diaryl/α,β-unsaturated/α-hetero) is 1. The van der Waals surface area contributed by atoms with Crippen molar-refractivity contribution in [1.82, 2.24) is 0 Å². The molecule has 0 aliphatic rings. The third kappa shape index (κ3) is 3.75. The van der Waals surface area contributed by atoms with E-state index < -0.39 is 36.8 Å². The van der Waals surface area contributed by atoms with Gasteiger partial charge < -0.3 is 25.5 Å². The van der Waals surface area contributed by atoms with Crippen LogP contribution in [-0.2, 0) is 4.79 Å². The quantitative estimate of drug-likeness (QED) is 0.271. The topological polar surface area (TPSA) is 118 Å². The van der Waals surface area contributed by atoms with Crippen LogP contribution in [0.3, 0.4) is 0 Å². The fourth-order valence-corrected chi connectivity index (χ4v) is 1.31. The summed E-state index contributed by atoms with van der Waals surface area (Å²) in [5.41, 5.74) is 0. The molecule has 0 aliphatic carbocycles. The van der Waals surface area contributed by atoms with Crippen molar-refractivity contribution in [1.29, 1.82) is 0 Å². The first-order valence-electron chi connectivity index (χ1n) is 3.87. The summed E-state index contributed by atoms with van der Waals surface area (Å²) in [6.45, 7) is -0.925. The Bertz CT molecular complexity index is 187. The molecule has 0 amide bonds. The molecule has 0 fully saturated rings. The van der Waals surface area contributed by atoms with Crippen molar-refractivity contribution in [2.24, 2.45) is 0 Å². The molecule has 0 aromatic rings. The smallest absolute Gasteiger partial charge is 0.189 e. The normalized spacial score (nSPS) is 19.9. The lowest BCUT2D eigenvalue weighted by Crippen LogP contribution is -2.48. The summed E-state index contributed by atoms with van der Waals surface area (Å²) in [5, 5.41) is 44.9. The van der Waals surface area contributed by atoms with Gasteiger partial charge in [0.05, 0.1) is 6.10 Å². The number of hydrogen-bond acceptors (Lipinski definition) is 6. The first-order valence-corrected chi connectivity index (χ1v) is 5.40. The molecule has 0 saturated carbocycles. The van der Waals surface area contributed by atoms with Gasteiger partial charge in [0, 0.05) is 4.43 Å². The summed E-state index contributed by atoms with van der Waals surface area (Å²) in [7, 11) is 0.